The molecule has 88 valence electrons. The van der Waals surface area contributed by atoms with Crippen LogP contribution in [-0.2, 0) is 16.1 Å². The van der Waals surface area contributed by atoms with Crippen molar-refractivity contribution in [2.24, 2.45) is 5.92 Å². The standard InChI is InChI=1S/C13H18O3/c1-11(7-8-13(14)15)9-16-10-12-5-3-2-4-6-12/h2-6,11H,7-10H2,1H3,(H,14,15)/t11-/m0/s1. The van der Waals surface area contributed by atoms with Gasteiger partial charge in [0.15, 0.2) is 0 Å². The molecule has 0 aliphatic rings. The molecule has 3 heteroatoms. The minimum absolute atomic E-state index is 0.218. The molecule has 0 aliphatic heterocycles. The van der Waals surface area contributed by atoms with Crippen molar-refractivity contribution in [3.63, 3.8) is 0 Å². The van der Waals surface area contributed by atoms with Crippen molar-refractivity contribution in [2.75, 3.05) is 6.61 Å². The zero-order valence-corrected chi connectivity index (χ0v) is 9.56. The highest BCUT2D eigenvalue weighted by molar-refractivity contribution is 5.66. The van der Waals surface area contributed by atoms with E-state index in [1.807, 2.05) is 37.3 Å². The Kier molecular flexibility index (Phi) is 5.57. The summed E-state index contributed by atoms with van der Waals surface area (Å²) in [5, 5.41) is 8.52. The maximum atomic E-state index is 10.4. The number of hydrogen-bond acceptors (Lipinski definition) is 2. The minimum atomic E-state index is -0.741. The van der Waals surface area contributed by atoms with Gasteiger partial charge in [0.2, 0.25) is 0 Å². The third-order valence-electron chi connectivity index (χ3n) is 2.36. The second kappa shape index (κ2) is 7.01. The number of carboxylic acid groups (broad SMARTS) is 1. The first-order chi connectivity index (χ1) is 7.68. The fraction of sp³-hybridized carbons (Fsp3) is 0.462. The van der Waals surface area contributed by atoms with E-state index in [4.69, 9.17) is 9.84 Å². The number of carboxylic acids is 1. The second-order valence-corrected chi connectivity index (χ2v) is 4.04. The quantitative estimate of drug-likeness (QED) is 0.771. The van der Waals surface area contributed by atoms with Gasteiger partial charge in [-0.25, -0.2) is 0 Å². The van der Waals surface area contributed by atoms with Gasteiger partial charge in [0, 0.05) is 13.0 Å². The maximum absolute atomic E-state index is 10.4. The van der Waals surface area contributed by atoms with E-state index in [1.54, 1.807) is 0 Å². The normalized spacial score (nSPS) is 12.3. The second-order valence-electron chi connectivity index (χ2n) is 4.04. The molecule has 0 aliphatic carbocycles. The molecule has 1 aromatic rings. The highest BCUT2D eigenvalue weighted by Gasteiger charge is 2.05. The Morgan fingerprint density at radius 3 is 2.69 bits per heavy atom. The maximum Gasteiger partial charge on any atom is 0.303 e. The summed E-state index contributed by atoms with van der Waals surface area (Å²) < 4.78 is 5.52. The van der Waals surface area contributed by atoms with Crippen LogP contribution in [0.2, 0.25) is 0 Å². The van der Waals surface area contributed by atoms with Crippen molar-refractivity contribution < 1.29 is 14.6 Å². The molecule has 16 heavy (non-hydrogen) atoms. The summed E-state index contributed by atoms with van der Waals surface area (Å²) in [6.45, 7) is 3.22. The average Bonchev–Trinajstić information content (AvgIpc) is 2.28. The van der Waals surface area contributed by atoms with Crippen LogP contribution in [0.15, 0.2) is 30.3 Å². The van der Waals surface area contributed by atoms with E-state index in [2.05, 4.69) is 0 Å². The molecule has 0 heterocycles. The number of hydrogen-bond donors (Lipinski definition) is 1. The molecule has 0 saturated carbocycles. The molecule has 3 nitrogen and oxygen atoms in total. The number of ether oxygens (including phenoxy) is 1. The lowest BCUT2D eigenvalue weighted by Crippen LogP contribution is -2.08. The van der Waals surface area contributed by atoms with Crippen molar-refractivity contribution in [1.29, 1.82) is 0 Å². The van der Waals surface area contributed by atoms with Gasteiger partial charge >= 0.3 is 5.97 Å². The molecule has 0 spiro atoms. The SMILES string of the molecule is C[C@@H](CCC(=O)O)COCc1ccccc1. The molecular formula is C13H18O3. The Balaban J connectivity index is 2.13. The number of carbonyl (C=O) groups is 1. The van der Waals surface area contributed by atoms with Crippen LogP contribution in [0, 0.1) is 5.92 Å². The lowest BCUT2D eigenvalue weighted by molar-refractivity contribution is -0.137. The van der Waals surface area contributed by atoms with Gasteiger partial charge in [-0.1, -0.05) is 37.3 Å². The van der Waals surface area contributed by atoms with Crippen molar-refractivity contribution in [1.82, 2.24) is 0 Å². The lowest BCUT2D eigenvalue weighted by Gasteiger charge is -2.10. The molecule has 1 atom stereocenters. The van der Waals surface area contributed by atoms with E-state index in [0.717, 1.165) is 5.56 Å². The van der Waals surface area contributed by atoms with Crippen molar-refractivity contribution in [3.05, 3.63) is 35.9 Å². The average molecular weight is 222 g/mol. The van der Waals surface area contributed by atoms with Gasteiger partial charge < -0.3 is 9.84 Å². The summed E-state index contributed by atoms with van der Waals surface area (Å²) in [7, 11) is 0. The first-order valence-corrected chi connectivity index (χ1v) is 5.52. The Labute approximate surface area is 96.1 Å². The predicted molar refractivity (Wildman–Crippen MR) is 62.1 cm³/mol. The fourth-order valence-corrected chi connectivity index (χ4v) is 1.41. The van der Waals surface area contributed by atoms with Crippen molar-refractivity contribution >= 4 is 5.97 Å². The van der Waals surface area contributed by atoms with Crippen LogP contribution in [0.25, 0.3) is 0 Å². The van der Waals surface area contributed by atoms with Crippen LogP contribution in [0.3, 0.4) is 0 Å². The van der Waals surface area contributed by atoms with Gasteiger partial charge in [0.1, 0.15) is 0 Å². The van der Waals surface area contributed by atoms with Crippen molar-refractivity contribution in [2.45, 2.75) is 26.4 Å². The summed E-state index contributed by atoms with van der Waals surface area (Å²) in [5.74, 6) is -0.449. The predicted octanol–water partition coefficient (Wildman–Crippen LogP) is 2.70. The third-order valence-corrected chi connectivity index (χ3v) is 2.36. The number of benzene rings is 1. The monoisotopic (exact) mass is 222 g/mol. The molecule has 0 radical (unpaired) electrons. The lowest BCUT2D eigenvalue weighted by atomic mass is 10.1. The summed E-state index contributed by atoms with van der Waals surface area (Å²) in [6, 6.07) is 9.96. The summed E-state index contributed by atoms with van der Waals surface area (Å²) >= 11 is 0. The van der Waals surface area contributed by atoms with Crippen molar-refractivity contribution in [3.8, 4) is 0 Å². The number of aliphatic carboxylic acids is 1. The van der Waals surface area contributed by atoms with E-state index in [0.29, 0.717) is 25.6 Å². The first kappa shape index (κ1) is 12.7. The van der Waals surface area contributed by atoms with E-state index in [1.165, 1.54) is 0 Å². The number of rotatable bonds is 7. The van der Waals surface area contributed by atoms with Crippen LogP contribution in [0.5, 0.6) is 0 Å². The van der Waals surface area contributed by atoms with E-state index in [9.17, 15) is 4.79 Å². The first-order valence-electron chi connectivity index (χ1n) is 5.52. The molecule has 0 bridgehead atoms. The Hall–Kier alpha value is -1.35. The summed E-state index contributed by atoms with van der Waals surface area (Å²) in [5.41, 5.74) is 1.15. The highest BCUT2D eigenvalue weighted by atomic mass is 16.5. The van der Waals surface area contributed by atoms with Gasteiger partial charge in [-0.05, 0) is 17.9 Å². The van der Waals surface area contributed by atoms with Gasteiger partial charge in [-0.15, -0.1) is 0 Å². The van der Waals surface area contributed by atoms with Gasteiger partial charge in [0.05, 0.1) is 6.61 Å². The highest BCUT2D eigenvalue weighted by Crippen LogP contribution is 2.08. The van der Waals surface area contributed by atoms with E-state index < -0.39 is 5.97 Å². The van der Waals surface area contributed by atoms with Crippen LogP contribution in [-0.4, -0.2) is 17.7 Å². The molecule has 1 N–H and O–H groups in total. The molecular weight excluding hydrogens is 204 g/mol. The topological polar surface area (TPSA) is 46.5 Å². The fourth-order valence-electron chi connectivity index (χ4n) is 1.41. The van der Waals surface area contributed by atoms with Crippen LogP contribution >= 0.6 is 0 Å². The molecule has 0 unspecified atom stereocenters. The molecule has 0 saturated heterocycles. The minimum Gasteiger partial charge on any atom is -0.481 e. The van der Waals surface area contributed by atoms with E-state index >= 15 is 0 Å². The van der Waals surface area contributed by atoms with Crippen LogP contribution in [0.1, 0.15) is 25.3 Å². The molecule has 0 aromatic heterocycles. The zero-order valence-electron chi connectivity index (χ0n) is 9.56. The van der Waals surface area contributed by atoms with Crippen LogP contribution in [0.4, 0.5) is 0 Å². The summed E-state index contributed by atoms with van der Waals surface area (Å²) in [6.07, 6.45) is 0.889. The van der Waals surface area contributed by atoms with Gasteiger partial charge in [-0.2, -0.15) is 0 Å². The van der Waals surface area contributed by atoms with E-state index in [-0.39, 0.29) is 6.42 Å². The Morgan fingerprint density at radius 2 is 2.06 bits per heavy atom. The Bertz CT molecular complexity index is 308. The summed E-state index contributed by atoms with van der Waals surface area (Å²) in [4.78, 5) is 10.4. The van der Waals surface area contributed by atoms with Gasteiger partial charge in [-0.3, -0.25) is 4.79 Å². The molecule has 1 aromatic carbocycles. The molecule has 1 rings (SSSR count). The zero-order chi connectivity index (χ0) is 11.8. The van der Waals surface area contributed by atoms with Crippen LogP contribution < -0.4 is 0 Å². The smallest absolute Gasteiger partial charge is 0.303 e. The largest absolute Gasteiger partial charge is 0.481 e. The Morgan fingerprint density at radius 1 is 1.38 bits per heavy atom. The van der Waals surface area contributed by atoms with Gasteiger partial charge in [0.25, 0.3) is 0 Å². The third kappa shape index (κ3) is 5.51. The molecule has 0 amide bonds. The molecule has 0 fully saturated rings.